The molecule has 9 aromatic rings. The maximum Gasteiger partial charge on any atom is 0.160 e. The largest absolute Gasteiger partial charge is 0.456 e. The highest BCUT2D eigenvalue weighted by molar-refractivity contribution is 6.06. The van der Waals surface area contributed by atoms with Crippen molar-refractivity contribution in [3.05, 3.63) is 176 Å². The van der Waals surface area contributed by atoms with Gasteiger partial charge in [-0.05, 0) is 81.9 Å². The predicted molar refractivity (Wildman–Crippen MR) is 200 cm³/mol. The van der Waals surface area contributed by atoms with E-state index in [0.29, 0.717) is 5.82 Å². The standard InChI is InChI=1S/C45H29N3O/c1-3-10-30(11-4-1)36-24-37(34-21-22-44-40(27-34)39-15-7-8-16-43(39)49-44)26-38(25-36)42-28-41(32-12-5-2-6-13-32)47-45(48-42)33-19-17-31(18-20-33)35-14-9-23-46-29-35/h1-29H. The second kappa shape index (κ2) is 12.2. The molecule has 0 unspecified atom stereocenters. The summed E-state index contributed by atoms with van der Waals surface area (Å²) >= 11 is 0. The lowest BCUT2D eigenvalue weighted by Gasteiger charge is -2.13. The fourth-order valence-electron chi connectivity index (χ4n) is 6.47. The molecule has 0 spiro atoms. The van der Waals surface area contributed by atoms with Gasteiger partial charge in [-0.3, -0.25) is 4.98 Å². The molecule has 0 aliphatic carbocycles. The monoisotopic (exact) mass is 627 g/mol. The summed E-state index contributed by atoms with van der Waals surface area (Å²) in [5.41, 5.74) is 13.1. The molecule has 0 saturated heterocycles. The summed E-state index contributed by atoms with van der Waals surface area (Å²) in [5.74, 6) is 0.673. The molecule has 0 aliphatic rings. The fourth-order valence-corrected chi connectivity index (χ4v) is 6.47. The lowest BCUT2D eigenvalue weighted by Crippen LogP contribution is -1.96. The van der Waals surface area contributed by atoms with Crippen molar-refractivity contribution in [1.82, 2.24) is 15.0 Å². The van der Waals surface area contributed by atoms with E-state index in [4.69, 9.17) is 14.4 Å². The van der Waals surface area contributed by atoms with Gasteiger partial charge in [0.15, 0.2) is 5.82 Å². The van der Waals surface area contributed by atoms with Crippen molar-refractivity contribution in [3.8, 4) is 67.3 Å². The van der Waals surface area contributed by atoms with E-state index >= 15 is 0 Å². The Morgan fingerprint density at radius 2 is 0.918 bits per heavy atom. The van der Waals surface area contributed by atoms with Crippen molar-refractivity contribution < 1.29 is 4.42 Å². The molecule has 0 N–H and O–H groups in total. The van der Waals surface area contributed by atoms with Crippen LogP contribution in [0.2, 0.25) is 0 Å². The summed E-state index contributed by atoms with van der Waals surface area (Å²) in [6.45, 7) is 0. The highest BCUT2D eigenvalue weighted by Crippen LogP contribution is 2.37. The van der Waals surface area contributed by atoms with E-state index in [9.17, 15) is 0 Å². The Labute approximate surface area is 284 Å². The molecule has 4 heteroatoms. The van der Waals surface area contributed by atoms with E-state index in [-0.39, 0.29) is 0 Å². The van der Waals surface area contributed by atoms with E-state index in [1.165, 1.54) is 0 Å². The molecule has 0 amide bonds. The van der Waals surface area contributed by atoms with Crippen molar-refractivity contribution in [2.24, 2.45) is 0 Å². The number of pyridine rings is 1. The molecule has 0 bridgehead atoms. The first kappa shape index (κ1) is 28.6. The second-order valence-corrected chi connectivity index (χ2v) is 12.1. The van der Waals surface area contributed by atoms with Crippen molar-refractivity contribution in [3.63, 3.8) is 0 Å². The van der Waals surface area contributed by atoms with Crippen LogP contribution in [0.4, 0.5) is 0 Å². The van der Waals surface area contributed by atoms with E-state index < -0.39 is 0 Å². The summed E-state index contributed by atoms with van der Waals surface area (Å²) in [7, 11) is 0. The molecular formula is C45H29N3O. The lowest BCUT2D eigenvalue weighted by atomic mass is 9.94. The molecular weight excluding hydrogens is 599 g/mol. The molecule has 0 saturated carbocycles. The number of para-hydroxylation sites is 1. The summed E-state index contributed by atoms with van der Waals surface area (Å²) < 4.78 is 6.15. The van der Waals surface area contributed by atoms with E-state index in [1.807, 2.05) is 42.6 Å². The smallest absolute Gasteiger partial charge is 0.160 e. The van der Waals surface area contributed by atoms with Crippen LogP contribution in [0.5, 0.6) is 0 Å². The minimum absolute atomic E-state index is 0.673. The number of hydrogen-bond acceptors (Lipinski definition) is 4. The highest BCUT2D eigenvalue weighted by atomic mass is 16.3. The summed E-state index contributed by atoms with van der Waals surface area (Å²) in [6, 6.07) is 56.7. The number of nitrogens with zero attached hydrogens (tertiary/aromatic N) is 3. The third-order valence-corrected chi connectivity index (χ3v) is 8.98. The van der Waals surface area contributed by atoms with Gasteiger partial charge in [-0.1, -0.05) is 115 Å². The second-order valence-electron chi connectivity index (χ2n) is 12.1. The number of furan rings is 1. The summed E-state index contributed by atoms with van der Waals surface area (Å²) in [5, 5.41) is 2.21. The molecule has 3 aromatic heterocycles. The van der Waals surface area contributed by atoms with Gasteiger partial charge in [0.05, 0.1) is 11.4 Å². The topological polar surface area (TPSA) is 51.8 Å². The molecule has 0 aliphatic heterocycles. The minimum atomic E-state index is 0.673. The average molecular weight is 628 g/mol. The third kappa shape index (κ3) is 5.56. The quantitative estimate of drug-likeness (QED) is 0.184. The van der Waals surface area contributed by atoms with Gasteiger partial charge in [0.2, 0.25) is 0 Å². The van der Waals surface area contributed by atoms with Crippen LogP contribution in [-0.4, -0.2) is 15.0 Å². The molecule has 4 nitrogen and oxygen atoms in total. The number of aromatic nitrogens is 3. The molecule has 0 radical (unpaired) electrons. The van der Waals surface area contributed by atoms with Gasteiger partial charge in [0.1, 0.15) is 11.2 Å². The molecule has 230 valence electrons. The number of benzene rings is 6. The molecule has 6 aromatic carbocycles. The van der Waals surface area contributed by atoms with Crippen LogP contribution in [-0.2, 0) is 0 Å². The zero-order valence-corrected chi connectivity index (χ0v) is 26.5. The van der Waals surface area contributed by atoms with Crippen LogP contribution in [0.3, 0.4) is 0 Å². The van der Waals surface area contributed by atoms with Gasteiger partial charge in [-0.25, -0.2) is 9.97 Å². The van der Waals surface area contributed by atoms with Gasteiger partial charge >= 0.3 is 0 Å². The summed E-state index contributed by atoms with van der Waals surface area (Å²) in [6.07, 6.45) is 3.67. The Balaban J connectivity index is 1.22. The van der Waals surface area contributed by atoms with E-state index in [2.05, 4.69) is 132 Å². The van der Waals surface area contributed by atoms with Gasteiger partial charge in [-0.2, -0.15) is 0 Å². The lowest BCUT2D eigenvalue weighted by molar-refractivity contribution is 0.669. The minimum Gasteiger partial charge on any atom is -0.456 e. The van der Waals surface area contributed by atoms with Crippen LogP contribution in [0, 0.1) is 0 Å². The van der Waals surface area contributed by atoms with Gasteiger partial charge < -0.3 is 4.42 Å². The van der Waals surface area contributed by atoms with E-state index in [0.717, 1.165) is 83.4 Å². The predicted octanol–water partition coefficient (Wildman–Crippen LogP) is 11.8. The maximum absolute atomic E-state index is 6.15. The van der Waals surface area contributed by atoms with Crippen molar-refractivity contribution >= 4 is 21.9 Å². The zero-order valence-electron chi connectivity index (χ0n) is 26.5. The first-order chi connectivity index (χ1) is 24.2. The first-order valence-corrected chi connectivity index (χ1v) is 16.3. The Hall–Kier alpha value is -6.65. The Morgan fingerprint density at radius 3 is 1.67 bits per heavy atom. The normalized spacial score (nSPS) is 11.3. The fraction of sp³-hybridized carbons (Fsp3) is 0. The third-order valence-electron chi connectivity index (χ3n) is 8.98. The van der Waals surface area contributed by atoms with Crippen LogP contribution < -0.4 is 0 Å². The SMILES string of the molecule is c1ccc(-c2cc(-c3ccc4oc5ccccc5c4c3)cc(-c3cc(-c4ccccc4)nc(-c4ccc(-c5cccnc5)cc4)n3)c2)cc1. The maximum atomic E-state index is 6.15. The van der Waals surface area contributed by atoms with Gasteiger partial charge in [0.25, 0.3) is 0 Å². The number of rotatable bonds is 6. The van der Waals surface area contributed by atoms with Crippen molar-refractivity contribution in [2.45, 2.75) is 0 Å². The van der Waals surface area contributed by atoms with Crippen LogP contribution >= 0.6 is 0 Å². The van der Waals surface area contributed by atoms with E-state index in [1.54, 1.807) is 6.20 Å². The zero-order chi connectivity index (χ0) is 32.6. The molecule has 9 rings (SSSR count). The van der Waals surface area contributed by atoms with Crippen LogP contribution in [0.15, 0.2) is 181 Å². The summed E-state index contributed by atoms with van der Waals surface area (Å²) in [4.78, 5) is 14.6. The molecule has 0 fully saturated rings. The number of fused-ring (bicyclic) bond motifs is 3. The van der Waals surface area contributed by atoms with Gasteiger partial charge in [0, 0.05) is 39.9 Å². The average Bonchev–Trinajstić information content (AvgIpc) is 3.57. The first-order valence-electron chi connectivity index (χ1n) is 16.3. The van der Waals surface area contributed by atoms with Crippen molar-refractivity contribution in [1.29, 1.82) is 0 Å². The molecule has 0 atom stereocenters. The van der Waals surface area contributed by atoms with Gasteiger partial charge in [-0.15, -0.1) is 0 Å². The van der Waals surface area contributed by atoms with Crippen molar-refractivity contribution in [2.75, 3.05) is 0 Å². The molecule has 49 heavy (non-hydrogen) atoms. The molecule has 3 heterocycles. The van der Waals surface area contributed by atoms with Crippen LogP contribution in [0.1, 0.15) is 0 Å². The Morgan fingerprint density at radius 1 is 0.347 bits per heavy atom. The number of hydrogen-bond donors (Lipinski definition) is 0. The highest BCUT2D eigenvalue weighted by Gasteiger charge is 2.15. The Bertz CT molecular complexity index is 2580. The van der Waals surface area contributed by atoms with Crippen LogP contribution in [0.25, 0.3) is 89.2 Å². The Kier molecular flexibility index (Phi) is 7.10.